The van der Waals surface area contributed by atoms with E-state index < -0.39 is 6.04 Å². The van der Waals surface area contributed by atoms with Crippen LogP contribution in [0.15, 0.2) is 24.3 Å². The van der Waals surface area contributed by atoms with Crippen LogP contribution in [0, 0.1) is 0 Å². The van der Waals surface area contributed by atoms with Crippen molar-refractivity contribution in [2.24, 2.45) is 0 Å². The molecule has 0 aliphatic rings. The summed E-state index contributed by atoms with van der Waals surface area (Å²) in [6, 6.07) is 4.57. The van der Waals surface area contributed by atoms with Crippen LogP contribution in [0.3, 0.4) is 0 Å². The number of rotatable bonds is 6. The summed E-state index contributed by atoms with van der Waals surface area (Å²) in [5.41, 5.74) is 0.688. The van der Waals surface area contributed by atoms with E-state index in [1.165, 1.54) is 13.2 Å². The molecule has 1 amide bonds. The van der Waals surface area contributed by atoms with Crippen molar-refractivity contribution >= 4 is 35.2 Å². The minimum absolute atomic E-state index is 0.185. The monoisotopic (exact) mass is 303 g/mol. The molecule has 1 rings (SSSR count). The quantitative estimate of drug-likeness (QED) is 0.792. The molecule has 1 unspecified atom stereocenters. The molecule has 0 aliphatic carbocycles. The van der Waals surface area contributed by atoms with Gasteiger partial charge in [-0.1, -0.05) is 29.3 Å². The average Bonchev–Trinajstić information content (AvgIpc) is 2.37. The second kappa shape index (κ2) is 8.17. The first kappa shape index (κ1) is 16.0. The average molecular weight is 304 g/mol. The molecule has 0 spiro atoms. The molecule has 0 saturated heterocycles. The maximum absolute atomic E-state index is 11.6. The number of benzene rings is 1. The van der Waals surface area contributed by atoms with Crippen LogP contribution in [0.4, 0.5) is 0 Å². The van der Waals surface area contributed by atoms with E-state index in [0.29, 0.717) is 15.6 Å². The van der Waals surface area contributed by atoms with Gasteiger partial charge in [0.15, 0.2) is 0 Å². The first-order valence-electron chi connectivity index (χ1n) is 5.60. The maximum atomic E-state index is 11.6. The van der Waals surface area contributed by atoms with E-state index in [2.05, 4.69) is 5.32 Å². The van der Waals surface area contributed by atoms with Crippen molar-refractivity contribution < 1.29 is 14.6 Å². The molecule has 0 fully saturated rings. The van der Waals surface area contributed by atoms with Crippen molar-refractivity contribution in [1.82, 2.24) is 5.32 Å². The highest BCUT2D eigenvalue weighted by Crippen LogP contribution is 2.21. The first-order valence-corrected chi connectivity index (χ1v) is 6.36. The Hall–Kier alpha value is -1.07. The number of hydrogen-bond acceptors (Lipinski definition) is 3. The molecule has 4 nitrogen and oxygen atoms in total. The summed E-state index contributed by atoms with van der Waals surface area (Å²) in [6.07, 6.45) is 2.92. The van der Waals surface area contributed by atoms with Gasteiger partial charge in [0.25, 0.3) is 0 Å². The number of carbonyl (C=O) groups is 1. The van der Waals surface area contributed by atoms with E-state index in [0.717, 1.165) is 0 Å². The number of nitrogens with one attached hydrogen (secondary N) is 1. The second-order valence-corrected chi connectivity index (χ2v) is 4.69. The highest BCUT2D eigenvalue weighted by molar-refractivity contribution is 6.35. The lowest BCUT2D eigenvalue weighted by Gasteiger charge is -2.13. The Kier molecular flexibility index (Phi) is 6.87. The van der Waals surface area contributed by atoms with Gasteiger partial charge in [-0.05, 0) is 23.8 Å². The van der Waals surface area contributed by atoms with Gasteiger partial charge in [-0.15, -0.1) is 0 Å². The number of carbonyl (C=O) groups excluding carboxylic acids is 1. The zero-order valence-corrected chi connectivity index (χ0v) is 11.9. The fraction of sp³-hybridized carbons (Fsp3) is 0.308. The van der Waals surface area contributed by atoms with Crippen molar-refractivity contribution in [1.29, 1.82) is 0 Å². The number of ether oxygens (including phenoxy) is 1. The van der Waals surface area contributed by atoms with Crippen LogP contribution >= 0.6 is 23.2 Å². The predicted octanol–water partition coefficient (Wildman–Crippen LogP) is 2.13. The van der Waals surface area contributed by atoms with Crippen molar-refractivity contribution in [3.8, 4) is 0 Å². The normalized spacial score (nSPS) is 12.6. The van der Waals surface area contributed by atoms with Crippen molar-refractivity contribution in [3.05, 3.63) is 39.9 Å². The molecule has 0 heterocycles. The third kappa shape index (κ3) is 5.61. The summed E-state index contributed by atoms with van der Waals surface area (Å²) >= 11 is 11.7. The molecule has 0 saturated carbocycles. The van der Waals surface area contributed by atoms with Crippen LogP contribution in [-0.4, -0.2) is 37.4 Å². The van der Waals surface area contributed by atoms with Crippen LogP contribution in [0.25, 0.3) is 6.08 Å². The fourth-order valence-electron chi connectivity index (χ4n) is 1.39. The number of hydrogen-bond donors (Lipinski definition) is 2. The lowest BCUT2D eigenvalue weighted by Crippen LogP contribution is -2.39. The number of amides is 1. The van der Waals surface area contributed by atoms with Gasteiger partial charge in [0.05, 0.1) is 19.3 Å². The van der Waals surface area contributed by atoms with Crippen LogP contribution in [-0.2, 0) is 9.53 Å². The largest absolute Gasteiger partial charge is 0.394 e. The Morgan fingerprint density at radius 2 is 2.26 bits per heavy atom. The van der Waals surface area contributed by atoms with Gasteiger partial charge < -0.3 is 15.2 Å². The molecule has 6 heteroatoms. The van der Waals surface area contributed by atoms with Gasteiger partial charge in [-0.25, -0.2) is 0 Å². The lowest BCUT2D eigenvalue weighted by atomic mass is 10.2. The standard InChI is InChI=1S/C13H15Cl2NO3/c1-19-8-11(7-17)16-13(18)5-3-9-2-4-10(14)6-12(9)15/h2-6,11,17H,7-8H2,1H3,(H,16,18)/b5-3+. The molecule has 0 bridgehead atoms. The maximum Gasteiger partial charge on any atom is 0.244 e. The Morgan fingerprint density at radius 3 is 2.84 bits per heavy atom. The third-order valence-electron chi connectivity index (χ3n) is 2.31. The van der Waals surface area contributed by atoms with Gasteiger partial charge in [0.1, 0.15) is 0 Å². The number of halogens is 2. The highest BCUT2D eigenvalue weighted by Gasteiger charge is 2.08. The Morgan fingerprint density at radius 1 is 1.53 bits per heavy atom. The van der Waals surface area contributed by atoms with Crippen molar-refractivity contribution in [3.63, 3.8) is 0 Å². The van der Waals surface area contributed by atoms with Crippen LogP contribution in [0.5, 0.6) is 0 Å². The summed E-state index contributed by atoms with van der Waals surface area (Å²) in [5.74, 6) is -0.331. The van der Waals surface area contributed by atoms with Crippen molar-refractivity contribution in [2.75, 3.05) is 20.3 Å². The minimum atomic E-state index is -0.428. The molecule has 104 valence electrons. The Bertz CT molecular complexity index is 463. The van der Waals surface area contributed by atoms with E-state index in [1.807, 2.05) is 0 Å². The highest BCUT2D eigenvalue weighted by atomic mass is 35.5. The smallest absolute Gasteiger partial charge is 0.244 e. The van der Waals surface area contributed by atoms with Gasteiger partial charge >= 0.3 is 0 Å². The Balaban J connectivity index is 2.62. The summed E-state index contributed by atoms with van der Waals surface area (Å²) in [5, 5.41) is 12.6. The van der Waals surface area contributed by atoms with Gasteiger partial charge in [0, 0.05) is 23.2 Å². The Labute approximate surface area is 122 Å². The van der Waals surface area contributed by atoms with Gasteiger partial charge in [-0.3, -0.25) is 4.79 Å². The van der Waals surface area contributed by atoms with Crippen molar-refractivity contribution in [2.45, 2.75) is 6.04 Å². The zero-order valence-electron chi connectivity index (χ0n) is 10.4. The summed E-state index contributed by atoms with van der Waals surface area (Å²) in [4.78, 5) is 11.6. The van der Waals surface area contributed by atoms with E-state index in [4.69, 9.17) is 33.0 Å². The zero-order chi connectivity index (χ0) is 14.3. The molecule has 19 heavy (non-hydrogen) atoms. The molecule has 1 aromatic rings. The third-order valence-corrected chi connectivity index (χ3v) is 2.87. The summed E-state index contributed by atoms with van der Waals surface area (Å²) in [6.45, 7) is 0.0624. The lowest BCUT2D eigenvalue weighted by molar-refractivity contribution is -0.117. The molecular weight excluding hydrogens is 289 g/mol. The SMILES string of the molecule is COCC(CO)NC(=O)/C=C/c1ccc(Cl)cc1Cl. The minimum Gasteiger partial charge on any atom is -0.394 e. The van der Waals surface area contributed by atoms with Crippen LogP contribution < -0.4 is 5.32 Å². The van der Waals surface area contributed by atoms with Gasteiger partial charge in [0.2, 0.25) is 5.91 Å². The number of aliphatic hydroxyl groups excluding tert-OH is 1. The second-order valence-electron chi connectivity index (χ2n) is 3.84. The first-order chi connectivity index (χ1) is 9.06. The van der Waals surface area contributed by atoms with Gasteiger partial charge in [-0.2, -0.15) is 0 Å². The summed E-state index contributed by atoms with van der Waals surface area (Å²) in [7, 11) is 1.50. The molecule has 0 aromatic heterocycles. The van der Waals surface area contributed by atoms with E-state index in [1.54, 1.807) is 24.3 Å². The number of aliphatic hydroxyl groups is 1. The molecular formula is C13H15Cl2NO3. The molecule has 1 atom stereocenters. The summed E-state index contributed by atoms with van der Waals surface area (Å²) < 4.78 is 4.86. The molecule has 1 aromatic carbocycles. The predicted molar refractivity (Wildman–Crippen MR) is 76.4 cm³/mol. The van der Waals surface area contributed by atoms with E-state index >= 15 is 0 Å². The number of methoxy groups -OCH3 is 1. The molecule has 2 N–H and O–H groups in total. The molecule has 0 aliphatic heterocycles. The van der Waals surface area contributed by atoms with E-state index in [9.17, 15) is 4.79 Å². The van der Waals surface area contributed by atoms with Crippen LogP contribution in [0.2, 0.25) is 10.0 Å². The van der Waals surface area contributed by atoms with Crippen LogP contribution in [0.1, 0.15) is 5.56 Å². The topological polar surface area (TPSA) is 58.6 Å². The molecule has 0 radical (unpaired) electrons. The van der Waals surface area contributed by atoms with E-state index in [-0.39, 0.29) is 19.1 Å². The fourth-order valence-corrected chi connectivity index (χ4v) is 1.86.